The fourth-order valence-corrected chi connectivity index (χ4v) is 2.88. The maximum Gasteiger partial charge on any atom is 0.303 e. The molecule has 0 saturated carbocycles. The second kappa shape index (κ2) is 7.36. The molecule has 0 spiro atoms. The summed E-state index contributed by atoms with van der Waals surface area (Å²) in [5.41, 5.74) is 0. The van der Waals surface area contributed by atoms with Gasteiger partial charge in [-0.3, -0.25) is 4.79 Å². The first-order valence-corrected chi connectivity index (χ1v) is 8.56. The predicted molar refractivity (Wildman–Crippen MR) is 76.5 cm³/mol. The standard InChI is InChI=1S/C11H11Cl3O5S/c12-8-5-7(20(14,17)18)6-9(13)11(8)19-4-2-1-3-10(15)16/h5-6H,1-4H2,(H,15,16). The zero-order valence-corrected chi connectivity index (χ0v) is 13.2. The molecule has 1 rings (SSSR count). The summed E-state index contributed by atoms with van der Waals surface area (Å²) in [7, 11) is 1.27. The number of carboxylic acid groups (broad SMARTS) is 1. The number of carbonyl (C=O) groups is 1. The zero-order valence-electron chi connectivity index (χ0n) is 10.1. The van der Waals surface area contributed by atoms with E-state index in [1.54, 1.807) is 0 Å². The summed E-state index contributed by atoms with van der Waals surface area (Å²) >= 11 is 11.8. The molecule has 20 heavy (non-hydrogen) atoms. The number of unbranched alkanes of at least 4 members (excludes halogenated alkanes) is 1. The minimum Gasteiger partial charge on any atom is -0.490 e. The molecule has 1 N–H and O–H groups in total. The molecule has 0 radical (unpaired) electrons. The molecule has 0 atom stereocenters. The van der Waals surface area contributed by atoms with E-state index in [0.29, 0.717) is 12.8 Å². The first-order chi connectivity index (χ1) is 9.21. The Balaban J connectivity index is 2.70. The van der Waals surface area contributed by atoms with E-state index < -0.39 is 15.0 Å². The minimum atomic E-state index is -3.92. The summed E-state index contributed by atoms with van der Waals surface area (Å²) < 4.78 is 27.6. The van der Waals surface area contributed by atoms with Gasteiger partial charge in [0.15, 0.2) is 5.75 Å². The minimum absolute atomic E-state index is 0.0231. The number of hydrogen-bond acceptors (Lipinski definition) is 4. The Morgan fingerprint density at radius 1 is 1.20 bits per heavy atom. The third-order valence-corrected chi connectivity index (χ3v) is 4.18. The van der Waals surface area contributed by atoms with Crippen molar-refractivity contribution in [2.24, 2.45) is 0 Å². The van der Waals surface area contributed by atoms with E-state index in [1.165, 1.54) is 0 Å². The van der Waals surface area contributed by atoms with Crippen molar-refractivity contribution in [2.75, 3.05) is 6.61 Å². The molecule has 0 saturated heterocycles. The Morgan fingerprint density at radius 2 is 1.75 bits per heavy atom. The van der Waals surface area contributed by atoms with Gasteiger partial charge in [-0.25, -0.2) is 8.42 Å². The first kappa shape index (κ1) is 17.4. The lowest BCUT2D eigenvalue weighted by atomic mass is 10.2. The first-order valence-electron chi connectivity index (χ1n) is 5.50. The van der Waals surface area contributed by atoms with Crippen molar-refractivity contribution >= 4 is 48.9 Å². The average molecular weight is 362 g/mol. The van der Waals surface area contributed by atoms with E-state index in [1.807, 2.05) is 0 Å². The molecule has 0 fully saturated rings. The number of hydrogen-bond donors (Lipinski definition) is 1. The highest BCUT2D eigenvalue weighted by Gasteiger charge is 2.16. The highest BCUT2D eigenvalue weighted by molar-refractivity contribution is 8.13. The van der Waals surface area contributed by atoms with Crippen LogP contribution in [0.1, 0.15) is 19.3 Å². The van der Waals surface area contributed by atoms with Crippen LogP contribution in [0.4, 0.5) is 0 Å². The van der Waals surface area contributed by atoms with Gasteiger partial charge >= 0.3 is 5.97 Å². The quantitative estimate of drug-likeness (QED) is 0.593. The molecule has 0 bridgehead atoms. The fraction of sp³-hybridized carbons (Fsp3) is 0.364. The van der Waals surface area contributed by atoms with Crippen molar-refractivity contribution in [3.05, 3.63) is 22.2 Å². The summed E-state index contributed by atoms with van der Waals surface area (Å²) in [5.74, 6) is -0.731. The van der Waals surface area contributed by atoms with Gasteiger partial charge in [0.2, 0.25) is 0 Å². The van der Waals surface area contributed by atoms with E-state index in [0.717, 1.165) is 12.1 Å². The van der Waals surface area contributed by atoms with Crippen molar-refractivity contribution in [3.63, 3.8) is 0 Å². The normalized spacial score (nSPS) is 11.3. The summed E-state index contributed by atoms with van der Waals surface area (Å²) in [4.78, 5) is 10.1. The SMILES string of the molecule is O=C(O)CCCCOc1c(Cl)cc(S(=O)(=O)Cl)cc1Cl. The number of aliphatic carboxylic acids is 1. The molecule has 0 aliphatic heterocycles. The van der Waals surface area contributed by atoms with Crippen LogP contribution in [-0.2, 0) is 13.8 Å². The summed E-state index contributed by atoms with van der Waals surface area (Å²) in [6, 6.07) is 2.28. The average Bonchev–Trinajstić information content (AvgIpc) is 2.29. The Morgan fingerprint density at radius 3 is 2.20 bits per heavy atom. The molecular weight excluding hydrogens is 351 g/mol. The molecule has 1 aromatic rings. The van der Waals surface area contributed by atoms with E-state index in [9.17, 15) is 13.2 Å². The molecule has 0 aromatic heterocycles. The van der Waals surface area contributed by atoms with Gasteiger partial charge in [-0.05, 0) is 25.0 Å². The largest absolute Gasteiger partial charge is 0.490 e. The number of ether oxygens (including phenoxy) is 1. The smallest absolute Gasteiger partial charge is 0.303 e. The van der Waals surface area contributed by atoms with E-state index >= 15 is 0 Å². The molecular formula is C11H11Cl3O5S. The highest BCUT2D eigenvalue weighted by atomic mass is 35.7. The number of benzene rings is 1. The Bertz CT molecular complexity index is 577. The van der Waals surface area contributed by atoms with Crippen LogP contribution < -0.4 is 4.74 Å². The lowest BCUT2D eigenvalue weighted by molar-refractivity contribution is -0.137. The van der Waals surface area contributed by atoms with Gasteiger partial charge < -0.3 is 9.84 Å². The lowest BCUT2D eigenvalue weighted by Crippen LogP contribution is -2.02. The van der Waals surface area contributed by atoms with Crippen LogP contribution in [0.25, 0.3) is 0 Å². The summed E-state index contributed by atoms with van der Waals surface area (Å²) in [5, 5.41) is 8.52. The van der Waals surface area contributed by atoms with Gasteiger partial charge in [0.25, 0.3) is 9.05 Å². The Labute approximate surface area is 130 Å². The molecule has 1 aromatic carbocycles. The number of halogens is 3. The van der Waals surface area contributed by atoms with Crippen LogP contribution in [0.15, 0.2) is 17.0 Å². The van der Waals surface area contributed by atoms with Crippen molar-refractivity contribution < 1.29 is 23.1 Å². The molecule has 5 nitrogen and oxygen atoms in total. The number of carboxylic acids is 1. The monoisotopic (exact) mass is 360 g/mol. The van der Waals surface area contributed by atoms with Crippen molar-refractivity contribution in [1.29, 1.82) is 0 Å². The maximum absolute atomic E-state index is 11.2. The van der Waals surface area contributed by atoms with Crippen LogP contribution in [0, 0.1) is 0 Å². The van der Waals surface area contributed by atoms with E-state index in [2.05, 4.69) is 0 Å². The van der Waals surface area contributed by atoms with Crippen LogP contribution in [0.5, 0.6) is 5.75 Å². The van der Waals surface area contributed by atoms with E-state index in [-0.39, 0.29) is 33.7 Å². The van der Waals surface area contributed by atoms with Gasteiger partial charge in [-0.15, -0.1) is 0 Å². The number of rotatable bonds is 7. The lowest BCUT2D eigenvalue weighted by Gasteiger charge is -2.10. The fourth-order valence-electron chi connectivity index (χ4n) is 1.37. The third-order valence-electron chi connectivity index (χ3n) is 2.28. The van der Waals surface area contributed by atoms with Crippen LogP contribution in [0.2, 0.25) is 10.0 Å². The van der Waals surface area contributed by atoms with Gasteiger partial charge in [0.1, 0.15) is 0 Å². The molecule has 0 unspecified atom stereocenters. The van der Waals surface area contributed by atoms with Crippen molar-refractivity contribution in [3.8, 4) is 5.75 Å². The highest BCUT2D eigenvalue weighted by Crippen LogP contribution is 2.36. The van der Waals surface area contributed by atoms with Gasteiger partial charge in [0.05, 0.1) is 21.5 Å². The van der Waals surface area contributed by atoms with Gasteiger partial charge in [0, 0.05) is 17.1 Å². The molecule has 0 heterocycles. The van der Waals surface area contributed by atoms with Crippen LogP contribution in [-0.4, -0.2) is 26.1 Å². The summed E-state index contributed by atoms with van der Waals surface area (Å²) in [6.45, 7) is 0.222. The Hall–Kier alpha value is -0.690. The van der Waals surface area contributed by atoms with Gasteiger partial charge in [-0.2, -0.15) is 0 Å². The predicted octanol–water partition coefficient (Wildman–Crippen LogP) is 3.55. The molecule has 9 heteroatoms. The Kier molecular flexibility index (Phi) is 6.39. The maximum atomic E-state index is 11.2. The van der Waals surface area contributed by atoms with Crippen LogP contribution >= 0.6 is 33.9 Å². The second-order valence-corrected chi connectivity index (χ2v) is 7.23. The molecule has 0 aliphatic carbocycles. The van der Waals surface area contributed by atoms with Crippen molar-refractivity contribution in [2.45, 2.75) is 24.2 Å². The second-order valence-electron chi connectivity index (χ2n) is 3.85. The topological polar surface area (TPSA) is 80.7 Å². The summed E-state index contributed by atoms with van der Waals surface area (Å²) in [6.07, 6.45) is 1.02. The van der Waals surface area contributed by atoms with Crippen molar-refractivity contribution in [1.82, 2.24) is 0 Å². The van der Waals surface area contributed by atoms with Gasteiger partial charge in [-0.1, -0.05) is 23.2 Å². The molecule has 0 amide bonds. The third kappa shape index (κ3) is 5.36. The van der Waals surface area contributed by atoms with E-state index in [4.69, 9.17) is 43.7 Å². The zero-order chi connectivity index (χ0) is 15.3. The molecule has 0 aliphatic rings. The molecule has 112 valence electrons. The van der Waals surface area contributed by atoms with Crippen LogP contribution in [0.3, 0.4) is 0 Å².